The summed E-state index contributed by atoms with van der Waals surface area (Å²) in [5, 5.41) is 11.0. The molecule has 2 aliphatic rings. The normalized spacial score (nSPS) is 43.2. The standard InChI is InChI=1S/C20H34O/c1-7-15(2)9-10-17-19(5)13-8-12-18(3,4)16(19)11-14-20(17,6)21/h7,9,16-17,21H,1,8,10-14H2,2-6H3/b15-9-/t16-,17+,19+,20-/m0/s1. The van der Waals surface area contributed by atoms with Crippen molar-refractivity contribution in [1.82, 2.24) is 0 Å². The smallest absolute Gasteiger partial charge is 0.0656 e. The first-order chi connectivity index (χ1) is 9.63. The number of rotatable bonds is 3. The third-order valence-electron chi connectivity index (χ3n) is 6.76. The molecule has 2 rings (SSSR count). The van der Waals surface area contributed by atoms with E-state index in [-0.39, 0.29) is 5.41 Å². The van der Waals surface area contributed by atoms with Crippen LogP contribution in [-0.2, 0) is 0 Å². The average molecular weight is 290 g/mol. The Bertz CT molecular complexity index is 429. The van der Waals surface area contributed by atoms with Gasteiger partial charge in [-0.1, -0.05) is 51.5 Å². The van der Waals surface area contributed by atoms with Gasteiger partial charge in [-0.15, -0.1) is 0 Å². The lowest BCUT2D eigenvalue weighted by Crippen LogP contribution is -2.57. The summed E-state index contributed by atoms with van der Waals surface area (Å²) in [6.45, 7) is 15.4. The lowest BCUT2D eigenvalue weighted by atomic mass is 9.45. The predicted molar refractivity (Wildman–Crippen MR) is 91.1 cm³/mol. The summed E-state index contributed by atoms with van der Waals surface area (Å²) in [5.41, 5.74) is 1.38. The largest absolute Gasteiger partial charge is 0.390 e. The molecule has 0 aliphatic heterocycles. The van der Waals surface area contributed by atoms with Crippen LogP contribution in [0.15, 0.2) is 24.3 Å². The van der Waals surface area contributed by atoms with Crippen LogP contribution in [0.2, 0.25) is 0 Å². The first-order valence-electron chi connectivity index (χ1n) is 8.65. The monoisotopic (exact) mass is 290 g/mol. The Hall–Kier alpha value is -0.560. The van der Waals surface area contributed by atoms with Gasteiger partial charge >= 0.3 is 0 Å². The Morgan fingerprint density at radius 3 is 2.48 bits per heavy atom. The molecule has 2 saturated carbocycles. The van der Waals surface area contributed by atoms with Gasteiger partial charge in [0.25, 0.3) is 0 Å². The minimum Gasteiger partial charge on any atom is -0.390 e. The SMILES string of the molecule is C=C/C(C)=C\C[C@@H]1[C@]2(C)CCCC(C)(C)[C@@H]2CC[C@]1(C)O. The van der Waals surface area contributed by atoms with Crippen LogP contribution in [0.5, 0.6) is 0 Å². The summed E-state index contributed by atoms with van der Waals surface area (Å²) in [6, 6.07) is 0. The molecule has 0 unspecified atom stereocenters. The van der Waals surface area contributed by atoms with Gasteiger partial charge in [0.15, 0.2) is 0 Å². The fourth-order valence-electron chi connectivity index (χ4n) is 5.53. The van der Waals surface area contributed by atoms with Gasteiger partial charge in [-0.3, -0.25) is 0 Å². The minimum atomic E-state index is -0.531. The zero-order chi connectivity index (χ0) is 15.9. The van der Waals surface area contributed by atoms with Crippen LogP contribution in [0.4, 0.5) is 0 Å². The molecule has 0 aromatic carbocycles. The predicted octanol–water partition coefficient (Wildman–Crippen LogP) is 5.50. The van der Waals surface area contributed by atoms with Gasteiger partial charge < -0.3 is 5.11 Å². The van der Waals surface area contributed by atoms with E-state index < -0.39 is 5.60 Å². The van der Waals surface area contributed by atoms with Gasteiger partial charge in [0, 0.05) is 0 Å². The molecule has 0 saturated heterocycles. The van der Waals surface area contributed by atoms with Crippen molar-refractivity contribution < 1.29 is 5.11 Å². The molecule has 0 amide bonds. The molecule has 1 N–H and O–H groups in total. The molecule has 0 aromatic rings. The number of hydrogen-bond acceptors (Lipinski definition) is 1. The molecule has 1 nitrogen and oxygen atoms in total. The highest BCUT2D eigenvalue weighted by atomic mass is 16.3. The van der Waals surface area contributed by atoms with Gasteiger partial charge in [0.2, 0.25) is 0 Å². The quantitative estimate of drug-likeness (QED) is 0.680. The van der Waals surface area contributed by atoms with Crippen LogP contribution in [0, 0.1) is 22.7 Å². The number of fused-ring (bicyclic) bond motifs is 1. The van der Waals surface area contributed by atoms with E-state index in [1.54, 1.807) is 0 Å². The minimum absolute atomic E-state index is 0.265. The third kappa shape index (κ3) is 2.99. The second-order valence-corrected chi connectivity index (χ2v) is 8.74. The van der Waals surface area contributed by atoms with Gasteiger partial charge in [-0.05, 0) is 68.6 Å². The Morgan fingerprint density at radius 2 is 1.86 bits per heavy atom. The van der Waals surface area contributed by atoms with Crippen molar-refractivity contribution in [2.75, 3.05) is 0 Å². The van der Waals surface area contributed by atoms with E-state index in [1.807, 2.05) is 6.08 Å². The molecule has 120 valence electrons. The van der Waals surface area contributed by atoms with Gasteiger partial charge in [-0.2, -0.15) is 0 Å². The molecule has 0 bridgehead atoms. The van der Waals surface area contributed by atoms with E-state index in [0.29, 0.717) is 11.3 Å². The maximum atomic E-state index is 11.0. The van der Waals surface area contributed by atoms with Crippen molar-refractivity contribution in [2.24, 2.45) is 22.7 Å². The summed E-state index contributed by atoms with van der Waals surface area (Å²) in [4.78, 5) is 0. The second-order valence-electron chi connectivity index (χ2n) is 8.74. The highest BCUT2D eigenvalue weighted by molar-refractivity contribution is 5.15. The molecule has 0 aromatic heterocycles. The molecular formula is C20H34O. The van der Waals surface area contributed by atoms with Crippen molar-refractivity contribution in [3.05, 3.63) is 24.3 Å². The summed E-state index contributed by atoms with van der Waals surface area (Å²) in [7, 11) is 0. The van der Waals surface area contributed by atoms with E-state index in [1.165, 1.54) is 31.3 Å². The molecule has 0 radical (unpaired) electrons. The van der Waals surface area contributed by atoms with Crippen LogP contribution in [0.25, 0.3) is 0 Å². The van der Waals surface area contributed by atoms with E-state index in [4.69, 9.17) is 0 Å². The molecule has 2 fully saturated rings. The van der Waals surface area contributed by atoms with Crippen LogP contribution in [-0.4, -0.2) is 10.7 Å². The zero-order valence-electron chi connectivity index (χ0n) is 14.7. The van der Waals surface area contributed by atoms with Gasteiger partial charge in [0.05, 0.1) is 5.60 Å². The number of allylic oxidation sites excluding steroid dienone is 3. The molecule has 0 heterocycles. The van der Waals surface area contributed by atoms with Crippen LogP contribution in [0.3, 0.4) is 0 Å². The number of aliphatic hydroxyl groups is 1. The number of hydrogen-bond donors (Lipinski definition) is 1. The summed E-state index contributed by atoms with van der Waals surface area (Å²) in [6.07, 6.45) is 11.2. The first-order valence-corrected chi connectivity index (χ1v) is 8.65. The summed E-state index contributed by atoms with van der Waals surface area (Å²) < 4.78 is 0. The van der Waals surface area contributed by atoms with E-state index in [9.17, 15) is 5.11 Å². The van der Waals surface area contributed by atoms with Gasteiger partial charge in [-0.25, -0.2) is 0 Å². The maximum Gasteiger partial charge on any atom is 0.0656 e. The highest BCUT2D eigenvalue weighted by Crippen LogP contribution is 2.62. The lowest BCUT2D eigenvalue weighted by Gasteiger charge is -2.61. The van der Waals surface area contributed by atoms with Crippen molar-refractivity contribution in [3.63, 3.8) is 0 Å². The molecular weight excluding hydrogens is 256 g/mol. The van der Waals surface area contributed by atoms with Gasteiger partial charge in [0.1, 0.15) is 0 Å². The topological polar surface area (TPSA) is 20.2 Å². The molecule has 2 aliphatic carbocycles. The van der Waals surface area contributed by atoms with E-state index in [2.05, 4.69) is 47.3 Å². The van der Waals surface area contributed by atoms with Crippen LogP contribution < -0.4 is 0 Å². The molecule has 0 spiro atoms. The summed E-state index contributed by atoms with van der Waals surface area (Å²) >= 11 is 0. The Kier molecular flexibility index (Phi) is 4.46. The Balaban J connectivity index is 2.35. The van der Waals surface area contributed by atoms with Crippen molar-refractivity contribution >= 4 is 0 Å². The first kappa shape index (κ1) is 16.8. The fourth-order valence-corrected chi connectivity index (χ4v) is 5.53. The average Bonchev–Trinajstić information content (AvgIpc) is 2.35. The van der Waals surface area contributed by atoms with Crippen molar-refractivity contribution in [3.8, 4) is 0 Å². The van der Waals surface area contributed by atoms with Crippen molar-refractivity contribution in [2.45, 2.75) is 78.7 Å². The van der Waals surface area contributed by atoms with E-state index in [0.717, 1.165) is 18.8 Å². The Morgan fingerprint density at radius 1 is 1.19 bits per heavy atom. The molecule has 1 heteroatoms. The fraction of sp³-hybridized carbons (Fsp3) is 0.800. The second kappa shape index (κ2) is 5.57. The zero-order valence-corrected chi connectivity index (χ0v) is 14.7. The lowest BCUT2D eigenvalue weighted by molar-refractivity contribution is -0.165. The third-order valence-corrected chi connectivity index (χ3v) is 6.76. The van der Waals surface area contributed by atoms with Crippen LogP contribution in [0.1, 0.15) is 73.1 Å². The Labute approximate surface area is 131 Å². The maximum absolute atomic E-state index is 11.0. The highest BCUT2D eigenvalue weighted by Gasteiger charge is 2.57. The van der Waals surface area contributed by atoms with Crippen molar-refractivity contribution in [1.29, 1.82) is 0 Å². The van der Waals surface area contributed by atoms with Crippen LogP contribution >= 0.6 is 0 Å². The molecule has 21 heavy (non-hydrogen) atoms. The summed E-state index contributed by atoms with van der Waals surface area (Å²) in [5.74, 6) is 1.10. The molecule has 4 atom stereocenters. The van der Waals surface area contributed by atoms with E-state index >= 15 is 0 Å².